The number of carbonyl (C=O) groups excluding carboxylic acids is 1. The van der Waals surface area contributed by atoms with Crippen molar-refractivity contribution in [3.8, 4) is 16.3 Å². The number of fused-ring (bicyclic) bond motifs is 1. The van der Waals surface area contributed by atoms with Crippen molar-refractivity contribution in [2.45, 2.75) is 6.42 Å². The number of hydrogen-bond donors (Lipinski definition) is 0. The zero-order chi connectivity index (χ0) is 13.4. The lowest BCUT2D eigenvalue weighted by atomic mass is 10.1. The highest BCUT2D eigenvalue weighted by Crippen LogP contribution is 2.35. The van der Waals surface area contributed by atoms with E-state index in [4.69, 9.17) is 16.3 Å². The Kier molecular flexibility index (Phi) is 3.16. The maximum Gasteiger partial charge on any atom is 0.351 e. The summed E-state index contributed by atoms with van der Waals surface area (Å²) >= 11 is 7.19. The molecule has 19 heavy (non-hydrogen) atoms. The van der Waals surface area contributed by atoms with Gasteiger partial charge in [-0.25, -0.2) is 9.78 Å². The molecule has 0 saturated carbocycles. The van der Waals surface area contributed by atoms with E-state index in [-0.39, 0.29) is 5.15 Å². The number of ether oxygens (including phenoxy) is 2. The lowest BCUT2D eigenvalue weighted by Crippen LogP contribution is -1.98. The molecule has 3 rings (SSSR count). The van der Waals surface area contributed by atoms with Crippen LogP contribution >= 0.6 is 22.9 Å². The van der Waals surface area contributed by atoms with Gasteiger partial charge in [0.05, 0.1) is 13.7 Å². The second-order valence-corrected chi connectivity index (χ2v) is 5.41. The quantitative estimate of drug-likeness (QED) is 0.798. The second kappa shape index (κ2) is 4.83. The van der Waals surface area contributed by atoms with Crippen LogP contribution in [0.5, 0.6) is 5.75 Å². The minimum Gasteiger partial charge on any atom is -0.493 e. The Morgan fingerprint density at radius 3 is 3.16 bits per heavy atom. The van der Waals surface area contributed by atoms with Gasteiger partial charge in [-0.15, -0.1) is 11.3 Å². The first-order chi connectivity index (χ1) is 9.19. The third-order valence-corrected chi connectivity index (χ3v) is 4.36. The van der Waals surface area contributed by atoms with Gasteiger partial charge in [-0.3, -0.25) is 0 Å². The van der Waals surface area contributed by atoms with E-state index >= 15 is 0 Å². The molecule has 0 N–H and O–H groups in total. The van der Waals surface area contributed by atoms with Crippen LogP contribution in [0.15, 0.2) is 18.2 Å². The van der Waals surface area contributed by atoms with E-state index in [1.54, 1.807) is 0 Å². The molecular formula is C13H10ClNO3S. The fourth-order valence-electron chi connectivity index (χ4n) is 1.96. The summed E-state index contributed by atoms with van der Waals surface area (Å²) in [6.45, 7) is 0.713. The molecule has 0 bridgehead atoms. The van der Waals surface area contributed by atoms with Crippen molar-refractivity contribution in [3.63, 3.8) is 0 Å². The standard InChI is InChI=1S/C13H10ClNO3S/c1-17-13(16)10-11(14)15-12(19-10)8-2-3-9-7(6-8)4-5-18-9/h2-3,6H,4-5H2,1H3. The van der Waals surface area contributed by atoms with Gasteiger partial charge in [0.1, 0.15) is 10.8 Å². The number of benzene rings is 1. The smallest absolute Gasteiger partial charge is 0.351 e. The summed E-state index contributed by atoms with van der Waals surface area (Å²) in [6.07, 6.45) is 0.895. The van der Waals surface area contributed by atoms with Crippen molar-refractivity contribution in [2.75, 3.05) is 13.7 Å². The summed E-state index contributed by atoms with van der Waals surface area (Å²) in [5, 5.41) is 0.892. The Hall–Kier alpha value is -1.59. The molecule has 0 spiro atoms. The molecule has 4 nitrogen and oxygen atoms in total. The van der Waals surface area contributed by atoms with Gasteiger partial charge in [0.15, 0.2) is 10.0 Å². The summed E-state index contributed by atoms with van der Waals surface area (Å²) < 4.78 is 10.1. The number of esters is 1. The van der Waals surface area contributed by atoms with Crippen LogP contribution in [0.4, 0.5) is 0 Å². The Bertz CT molecular complexity index is 653. The first-order valence-electron chi connectivity index (χ1n) is 5.70. The molecule has 0 atom stereocenters. The number of hydrogen-bond acceptors (Lipinski definition) is 5. The molecule has 0 unspecified atom stereocenters. The molecular weight excluding hydrogens is 286 g/mol. The van der Waals surface area contributed by atoms with Crippen molar-refractivity contribution in [3.05, 3.63) is 33.8 Å². The minimum atomic E-state index is -0.460. The average Bonchev–Trinajstić information content (AvgIpc) is 3.03. The predicted octanol–water partition coefficient (Wildman–Crippen LogP) is 3.19. The van der Waals surface area contributed by atoms with Crippen molar-refractivity contribution < 1.29 is 14.3 Å². The summed E-state index contributed by atoms with van der Waals surface area (Å²) in [4.78, 5) is 16.1. The van der Waals surface area contributed by atoms with Gasteiger partial charge in [-0.05, 0) is 23.8 Å². The van der Waals surface area contributed by atoms with E-state index in [1.165, 1.54) is 18.4 Å². The molecule has 1 aliphatic rings. The molecule has 98 valence electrons. The van der Waals surface area contributed by atoms with E-state index in [0.29, 0.717) is 16.5 Å². The van der Waals surface area contributed by atoms with E-state index in [0.717, 1.165) is 23.3 Å². The molecule has 1 aliphatic heterocycles. The first-order valence-corrected chi connectivity index (χ1v) is 6.89. The molecule has 0 fully saturated rings. The highest BCUT2D eigenvalue weighted by Gasteiger charge is 2.19. The highest BCUT2D eigenvalue weighted by molar-refractivity contribution is 7.17. The normalized spacial score (nSPS) is 12.9. The van der Waals surface area contributed by atoms with Gasteiger partial charge >= 0.3 is 5.97 Å². The van der Waals surface area contributed by atoms with Crippen molar-refractivity contribution in [1.82, 2.24) is 4.98 Å². The van der Waals surface area contributed by atoms with E-state index in [2.05, 4.69) is 9.72 Å². The zero-order valence-corrected chi connectivity index (χ0v) is 11.7. The lowest BCUT2D eigenvalue weighted by molar-refractivity contribution is 0.0606. The minimum absolute atomic E-state index is 0.184. The molecule has 1 aromatic heterocycles. The van der Waals surface area contributed by atoms with Crippen LogP contribution in [0.2, 0.25) is 5.15 Å². The number of thiazole rings is 1. The maximum absolute atomic E-state index is 11.5. The van der Waals surface area contributed by atoms with E-state index in [1.807, 2.05) is 18.2 Å². The molecule has 2 heterocycles. The van der Waals surface area contributed by atoms with Crippen LogP contribution in [-0.4, -0.2) is 24.7 Å². The third-order valence-electron chi connectivity index (χ3n) is 2.89. The molecule has 0 saturated heterocycles. The van der Waals surface area contributed by atoms with Crippen LogP contribution in [0, 0.1) is 0 Å². The lowest BCUT2D eigenvalue weighted by Gasteiger charge is -2.00. The number of rotatable bonds is 2. The van der Waals surface area contributed by atoms with Gasteiger partial charge < -0.3 is 9.47 Å². The second-order valence-electron chi connectivity index (χ2n) is 4.05. The van der Waals surface area contributed by atoms with Crippen molar-refractivity contribution in [1.29, 1.82) is 0 Å². The van der Waals surface area contributed by atoms with Crippen LogP contribution in [0.25, 0.3) is 10.6 Å². The number of nitrogens with zero attached hydrogens (tertiary/aromatic N) is 1. The Balaban J connectivity index is 2.01. The van der Waals surface area contributed by atoms with E-state index < -0.39 is 5.97 Å². The third kappa shape index (κ3) is 2.19. The number of methoxy groups -OCH3 is 1. The summed E-state index contributed by atoms with van der Waals surface area (Å²) in [5.41, 5.74) is 2.09. The van der Waals surface area contributed by atoms with Crippen molar-refractivity contribution >= 4 is 28.9 Å². The fraction of sp³-hybridized carbons (Fsp3) is 0.231. The molecule has 1 aromatic carbocycles. The van der Waals surface area contributed by atoms with Crippen molar-refractivity contribution in [2.24, 2.45) is 0 Å². The highest BCUT2D eigenvalue weighted by atomic mass is 35.5. The Labute approximate surface area is 118 Å². The molecule has 0 aliphatic carbocycles. The average molecular weight is 296 g/mol. The van der Waals surface area contributed by atoms with Gasteiger partial charge in [-0.2, -0.15) is 0 Å². The van der Waals surface area contributed by atoms with Gasteiger partial charge in [-0.1, -0.05) is 11.6 Å². The fourth-order valence-corrected chi connectivity index (χ4v) is 3.16. The van der Waals surface area contributed by atoms with E-state index in [9.17, 15) is 4.79 Å². The van der Waals surface area contributed by atoms with Gasteiger partial charge in [0.2, 0.25) is 0 Å². The predicted molar refractivity (Wildman–Crippen MR) is 73.1 cm³/mol. The monoisotopic (exact) mass is 295 g/mol. The van der Waals surface area contributed by atoms with Crippen LogP contribution in [0.3, 0.4) is 0 Å². The molecule has 6 heteroatoms. The number of aromatic nitrogens is 1. The van der Waals surface area contributed by atoms with Crippen LogP contribution in [-0.2, 0) is 11.2 Å². The molecule has 2 aromatic rings. The Morgan fingerprint density at radius 1 is 1.53 bits per heavy atom. The number of halogens is 1. The Morgan fingerprint density at radius 2 is 2.37 bits per heavy atom. The molecule has 0 radical (unpaired) electrons. The summed E-state index contributed by atoms with van der Waals surface area (Å²) in [7, 11) is 1.32. The zero-order valence-electron chi connectivity index (χ0n) is 10.1. The summed E-state index contributed by atoms with van der Waals surface area (Å²) in [6, 6.07) is 5.86. The van der Waals surface area contributed by atoms with Gasteiger partial charge in [0, 0.05) is 12.0 Å². The molecule has 0 amide bonds. The maximum atomic E-state index is 11.5. The SMILES string of the molecule is COC(=O)c1sc(-c2ccc3c(c2)CCO3)nc1Cl. The first kappa shape index (κ1) is 12.4. The van der Waals surface area contributed by atoms with Crippen LogP contribution < -0.4 is 4.74 Å². The summed E-state index contributed by atoms with van der Waals surface area (Å²) in [5.74, 6) is 0.456. The van der Waals surface area contributed by atoms with Crippen LogP contribution in [0.1, 0.15) is 15.2 Å². The topological polar surface area (TPSA) is 48.4 Å². The van der Waals surface area contributed by atoms with Gasteiger partial charge in [0.25, 0.3) is 0 Å². The largest absolute Gasteiger partial charge is 0.493 e. The number of carbonyl (C=O) groups is 1.